The molecular weight excluding hydrogens is 350 g/mol. The van der Waals surface area contributed by atoms with Crippen molar-refractivity contribution in [2.24, 2.45) is 0 Å². The van der Waals surface area contributed by atoms with Gasteiger partial charge in [0, 0.05) is 36.4 Å². The fourth-order valence-electron chi connectivity index (χ4n) is 2.63. The number of nitrogen functional groups attached to an aromatic ring is 1. The summed E-state index contributed by atoms with van der Waals surface area (Å²) < 4.78 is 0. The molecule has 140 valence electrons. The van der Waals surface area contributed by atoms with Gasteiger partial charge in [-0.25, -0.2) is 0 Å². The van der Waals surface area contributed by atoms with Crippen molar-refractivity contribution in [2.75, 3.05) is 11.1 Å². The molecule has 2 aromatic carbocycles. The van der Waals surface area contributed by atoms with Gasteiger partial charge in [0.15, 0.2) is 0 Å². The molecule has 0 aromatic heterocycles. The van der Waals surface area contributed by atoms with Gasteiger partial charge in [-0.2, -0.15) is 0 Å². The number of amides is 2. The first-order valence-electron chi connectivity index (χ1n) is 8.31. The van der Waals surface area contributed by atoms with E-state index in [-0.39, 0.29) is 30.3 Å². The minimum Gasteiger partial charge on any atom is -0.399 e. The van der Waals surface area contributed by atoms with E-state index in [1.807, 2.05) is 51.1 Å². The van der Waals surface area contributed by atoms with Gasteiger partial charge in [-0.3, -0.25) is 9.59 Å². The van der Waals surface area contributed by atoms with Crippen LogP contribution in [0, 0.1) is 6.92 Å². The van der Waals surface area contributed by atoms with Crippen LogP contribution in [0.15, 0.2) is 42.5 Å². The summed E-state index contributed by atoms with van der Waals surface area (Å²) in [5.41, 5.74) is 9.47. The fourth-order valence-corrected chi connectivity index (χ4v) is 2.63. The van der Waals surface area contributed by atoms with Gasteiger partial charge in [-0.15, -0.1) is 12.4 Å². The highest BCUT2D eigenvalue weighted by Gasteiger charge is 2.13. The molecule has 0 atom stereocenters. The summed E-state index contributed by atoms with van der Waals surface area (Å²) >= 11 is 0. The zero-order valence-corrected chi connectivity index (χ0v) is 16.4. The number of carbonyl (C=O) groups excluding carboxylic acids is 2. The number of rotatable bonds is 5. The SMILES string of the molecule is CC(=O)N(Cc1ccc(NC(=O)c2cc(N)ccc2C)cc1)C(C)C.Cl. The minimum absolute atomic E-state index is 0. The molecule has 0 aliphatic rings. The largest absolute Gasteiger partial charge is 0.399 e. The van der Waals surface area contributed by atoms with Gasteiger partial charge in [0.05, 0.1) is 0 Å². The Labute approximate surface area is 161 Å². The van der Waals surface area contributed by atoms with E-state index in [0.29, 0.717) is 23.5 Å². The van der Waals surface area contributed by atoms with Gasteiger partial charge in [-0.1, -0.05) is 18.2 Å². The summed E-state index contributed by atoms with van der Waals surface area (Å²) in [4.78, 5) is 25.9. The number of nitrogens with zero attached hydrogens (tertiary/aromatic N) is 1. The lowest BCUT2D eigenvalue weighted by molar-refractivity contribution is -0.131. The van der Waals surface area contributed by atoms with Crippen molar-refractivity contribution in [3.63, 3.8) is 0 Å². The van der Waals surface area contributed by atoms with Crippen LogP contribution in [0.4, 0.5) is 11.4 Å². The van der Waals surface area contributed by atoms with Gasteiger partial charge >= 0.3 is 0 Å². The lowest BCUT2D eigenvalue weighted by atomic mass is 10.1. The third kappa shape index (κ3) is 5.49. The summed E-state index contributed by atoms with van der Waals surface area (Å²) in [7, 11) is 0. The van der Waals surface area contributed by atoms with Crippen molar-refractivity contribution in [3.8, 4) is 0 Å². The highest BCUT2D eigenvalue weighted by atomic mass is 35.5. The Hall–Kier alpha value is -2.53. The van der Waals surface area contributed by atoms with Crippen molar-refractivity contribution in [2.45, 2.75) is 40.3 Å². The summed E-state index contributed by atoms with van der Waals surface area (Å²) in [6, 6.07) is 12.9. The van der Waals surface area contributed by atoms with Crippen molar-refractivity contribution < 1.29 is 9.59 Å². The Bertz CT molecular complexity index is 773. The van der Waals surface area contributed by atoms with Crippen LogP contribution in [0.1, 0.15) is 42.3 Å². The highest BCUT2D eigenvalue weighted by molar-refractivity contribution is 6.05. The molecule has 3 N–H and O–H groups in total. The quantitative estimate of drug-likeness (QED) is 0.775. The van der Waals surface area contributed by atoms with Crippen LogP contribution in [0.3, 0.4) is 0 Å². The summed E-state index contributed by atoms with van der Waals surface area (Å²) in [6.07, 6.45) is 0. The molecule has 0 spiro atoms. The normalized spacial score (nSPS) is 10.2. The number of aryl methyl sites for hydroxylation is 1. The van der Waals surface area contributed by atoms with Gasteiger partial charge in [0.25, 0.3) is 5.91 Å². The minimum atomic E-state index is -0.190. The van der Waals surface area contributed by atoms with E-state index in [9.17, 15) is 9.59 Å². The molecule has 0 aliphatic heterocycles. The number of halogens is 1. The van der Waals surface area contributed by atoms with Crippen LogP contribution in [-0.2, 0) is 11.3 Å². The molecule has 0 saturated heterocycles. The summed E-state index contributed by atoms with van der Waals surface area (Å²) in [6.45, 7) is 7.98. The molecule has 0 heterocycles. The Morgan fingerprint density at radius 3 is 2.27 bits per heavy atom. The second kappa shape index (κ2) is 9.25. The smallest absolute Gasteiger partial charge is 0.256 e. The van der Waals surface area contributed by atoms with Crippen LogP contribution in [0.25, 0.3) is 0 Å². The molecule has 0 unspecified atom stereocenters. The second-order valence-electron chi connectivity index (χ2n) is 6.47. The van der Waals surface area contributed by atoms with E-state index < -0.39 is 0 Å². The lowest BCUT2D eigenvalue weighted by Crippen LogP contribution is -2.34. The maximum Gasteiger partial charge on any atom is 0.256 e. The molecule has 0 fully saturated rings. The van der Waals surface area contributed by atoms with E-state index in [1.165, 1.54) is 0 Å². The van der Waals surface area contributed by atoms with Crippen molar-refractivity contribution in [1.82, 2.24) is 4.90 Å². The zero-order chi connectivity index (χ0) is 18.6. The van der Waals surface area contributed by atoms with E-state index >= 15 is 0 Å². The number of hydrogen-bond acceptors (Lipinski definition) is 3. The van der Waals surface area contributed by atoms with E-state index in [2.05, 4.69) is 5.32 Å². The van der Waals surface area contributed by atoms with Crippen LogP contribution in [-0.4, -0.2) is 22.8 Å². The molecule has 2 rings (SSSR count). The number of nitrogens with one attached hydrogen (secondary N) is 1. The number of anilines is 2. The van der Waals surface area contributed by atoms with E-state index in [1.54, 1.807) is 24.0 Å². The fraction of sp³-hybridized carbons (Fsp3) is 0.300. The Morgan fingerprint density at radius 1 is 1.12 bits per heavy atom. The molecule has 26 heavy (non-hydrogen) atoms. The van der Waals surface area contributed by atoms with E-state index in [4.69, 9.17) is 5.73 Å². The molecule has 0 radical (unpaired) electrons. The second-order valence-corrected chi connectivity index (χ2v) is 6.47. The monoisotopic (exact) mass is 375 g/mol. The zero-order valence-electron chi connectivity index (χ0n) is 15.6. The van der Waals surface area contributed by atoms with Gasteiger partial charge in [-0.05, 0) is 56.2 Å². The molecule has 0 bridgehead atoms. The summed E-state index contributed by atoms with van der Waals surface area (Å²) in [5.74, 6) is -0.144. The van der Waals surface area contributed by atoms with Gasteiger partial charge < -0.3 is 16.0 Å². The van der Waals surface area contributed by atoms with Crippen molar-refractivity contribution in [1.29, 1.82) is 0 Å². The first-order chi connectivity index (χ1) is 11.8. The maximum absolute atomic E-state index is 12.4. The van der Waals surface area contributed by atoms with Crippen molar-refractivity contribution >= 4 is 35.6 Å². The molecule has 5 nitrogen and oxygen atoms in total. The maximum atomic E-state index is 12.4. The van der Waals surface area contributed by atoms with Crippen LogP contribution < -0.4 is 11.1 Å². The average Bonchev–Trinajstić information content (AvgIpc) is 2.55. The predicted octanol–water partition coefficient (Wildman–Crippen LogP) is 4.01. The van der Waals surface area contributed by atoms with Gasteiger partial charge in [0.2, 0.25) is 5.91 Å². The van der Waals surface area contributed by atoms with Crippen LogP contribution in [0.5, 0.6) is 0 Å². The number of nitrogens with two attached hydrogens (primary N) is 1. The Balaban J connectivity index is 0.00000338. The third-order valence-electron chi connectivity index (χ3n) is 4.10. The Morgan fingerprint density at radius 2 is 1.73 bits per heavy atom. The summed E-state index contributed by atoms with van der Waals surface area (Å²) in [5, 5.41) is 2.88. The molecule has 2 amide bonds. The number of carbonyl (C=O) groups is 2. The molecule has 0 aliphatic carbocycles. The molecule has 0 saturated carbocycles. The molecule has 2 aromatic rings. The number of benzene rings is 2. The predicted molar refractivity (Wildman–Crippen MR) is 109 cm³/mol. The van der Waals surface area contributed by atoms with Crippen LogP contribution in [0.2, 0.25) is 0 Å². The standard InChI is InChI=1S/C20H25N3O2.ClH/c1-13(2)23(15(4)24)12-16-6-9-18(10-7-16)22-20(25)19-11-17(21)8-5-14(19)3;/h5-11,13H,12,21H2,1-4H3,(H,22,25);1H. The first kappa shape index (κ1) is 21.5. The first-order valence-corrected chi connectivity index (χ1v) is 8.31. The van der Waals surface area contributed by atoms with Crippen molar-refractivity contribution in [3.05, 3.63) is 59.2 Å². The molecular formula is C20H26ClN3O2. The van der Waals surface area contributed by atoms with E-state index in [0.717, 1.165) is 11.1 Å². The lowest BCUT2D eigenvalue weighted by Gasteiger charge is -2.25. The average molecular weight is 376 g/mol. The topological polar surface area (TPSA) is 75.4 Å². The Kier molecular flexibility index (Phi) is 7.65. The third-order valence-corrected chi connectivity index (χ3v) is 4.10. The number of hydrogen-bond donors (Lipinski definition) is 2. The van der Waals surface area contributed by atoms with Gasteiger partial charge in [0.1, 0.15) is 0 Å². The molecule has 6 heteroatoms. The highest BCUT2D eigenvalue weighted by Crippen LogP contribution is 2.17. The van der Waals surface area contributed by atoms with Crippen LogP contribution >= 0.6 is 12.4 Å².